The third-order valence-electron chi connectivity index (χ3n) is 1.93. The minimum Gasteiger partial charge on any atom is -0.493 e. The molecule has 0 atom stereocenters. The fourth-order valence-electron chi connectivity index (χ4n) is 1.27. The van der Waals surface area contributed by atoms with Gasteiger partial charge >= 0.3 is 0 Å². The van der Waals surface area contributed by atoms with E-state index >= 15 is 0 Å². The molecule has 1 rings (SSSR count). The van der Waals surface area contributed by atoms with Crippen molar-refractivity contribution in [3.63, 3.8) is 0 Å². The van der Waals surface area contributed by atoms with E-state index in [-0.39, 0.29) is 0 Å². The van der Waals surface area contributed by atoms with Crippen LogP contribution in [-0.4, -0.2) is 18.6 Å². The highest BCUT2D eigenvalue weighted by Gasteiger charge is 2.10. The number of halogens is 1. The van der Waals surface area contributed by atoms with Crippen molar-refractivity contribution in [2.75, 3.05) is 13.7 Å². The maximum absolute atomic E-state index is 10.2. The van der Waals surface area contributed by atoms with Crippen LogP contribution >= 0.6 is 15.9 Å². The summed E-state index contributed by atoms with van der Waals surface area (Å²) in [5.41, 5.74) is 0.661. The molecule has 17 heavy (non-hydrogen) atoms. The molecule has 0 saturated heterocycles. The van der Waals surface area contributed by atoms with Crippen molar-refractivity contribution < 1.29 is 14.4 Å². The van der Waals surface area contributed by atoms with Crippen LogP contribution in [0.5, 0.6) is 11.5 Å². The second kappa shape index (κ2) is 6.24. The topological polar surface area (TPSA) is 61.6 Å². The number of methoxy groups -OCH3 is 1. The number of ether oxygens (including phenoxy) is 2. The molecule has 0 aliphatic carbocycles. The molecular weight excluding hydrogens is 290 g/mol. The van der Waals surface area contributed by atoms with Crippen molar-refractivity contribution in [3.8, 4) is 11.5 Å². The standard InChI is InChI=1S/C11H12BrNO4/c1-3-17-11-9(12)6-8(4-5-13(14)15)7-10(11)16-2/h4-7H,3H2,1-2H3. The van der Waals surface area contributed by atoms with Gasteiger partial charge in [0.25, 0.3) is 0 Å². The van der Waals surface area contributed by atoms with Gasteiger partial charge in [-0.1, -0.05) is 0 Å². The highest BCUT2D eigenvalue weighted by Crippen LogP contribution is 2.36. The first kappa shape index (κ1) is 13.5. The van der Waals surface area contributed by atoms with Crippen LogP contribution in [-0.2, 0) is 0 Å². The minimum absolute atomic E-state index is 0.513. The molecule has 92 valence electrons. The van der Waals surface area contributed by atoms with E-state index in [0.717, 1.165) is 6.20 Å². The fraction of sp³-hybridized carbons (Fsp3) is 0.273. The van der Waals surface area contributed by atoms with E-state index in [1.54, 1.807) is 12.1 Å². The number of benzene rings is 1. The Labute approximate surface area is 107 Å². The molecule has 0 aromatic heterocycles. The van der Waals surface area contributed by atoms with E-state index in [0.29, 0.717) is 28.1 Å². The van der Waals surface area contributed by atoms with Crippen molar-refractivity contribution >= 4 is 22.0 Å². The van der Waals surface area contributed by atoms with Crippen LogP contribution in [0.15, 0.2) is 22.8 Å². The van der Waals surface area contributed by atoms with E-state index in [4.69, 9.17) is 9.47 Å². The van der Waals surface area contributed by atoms with Crippen LogP contribution in [0.25, 0.3) is 6.08 Å². The molecule has 0 heterocycles. The van der Waals surface area contributed by atoms with Crippen molar-refractivity contribution in [1.82, 2.24) is 0 Å². The SMILES string of the molecule is CCOc1c(Br)cc(C=C[N+](=O)[O-])cc1OC. The third-order valence-corrected chi connectivity index (χ3v) is 2.52. The molecular formula is C11H12BrNO4. The van der Waals surface area contributed by atoms with Gasteiger partial charge in [0.1, 0.15) is 0 Å². The first-order valence-electron chi connectivity index (χ1n) is 4.90. The number of hydrogen-bond acceptors (Lipinski definition) is 4. The largest absolute Gasteiger partial charge is 0.493 e. The second-order valence-corrected chi connectivity index (χ2v) is 3.92. The maximum Gasteiger partial charge on any atom is 0.235 e. The van der Waals surface area contributed by atoms with Gasteiger partial charge in [0.15, 0.2) is 11.5 Å². The monoisotopic (exact) mass is 301 g/mol. The summed E-state index contributed by atoms with van der Waals surface area (Å²) >= 11 is 3.34. The molecule has 0 spiro atoms. The first-order chi connectivity index (χ1) is 8.08. The Kier molecular flexibility index (Phi) is 4.96. The van der Waals surface area contributed by atoms with Gasteiger partial charge < -0.3 is 9.47 Å². The summed E-state index contributed by atoms with van der Waals surface area (Å²) in [4.78, 5) is 9.72. The summed E-state index contributed by atoms with van der Waals surface area (Å²) in [6.45, 7) is 2.38. The quantitative estimate of drug-likeness (QED) is 0.619. The lowest BCUT2D eigenvalue weighted by molar-refractivity contribution is -0.400. The van der Waals surface area contributed by atoms with Crippen LogP contribution in [0.4, 0.5) is 0 Å². The van der Waals surface area contributed by atoms with E-state index in [9.17, 15) is 10.1 Å². The average molecular weight is 302 g/mol. The number of nitrogens with zero attached hydrogens (tertiary/aromatic N) is 1. The number of rotatable bonds is 5. The van der Waals surface area contributed by atoms with Crippen LogP contribution in [0, 0.1) is 10.1 Å². The first-order valence-corrected chi connectivity index (χ1v) is 5.69. The summed E-state index contributed by atoms with van der Waals surface area (Å²) < 4.78 is 11.3. The van der Waals surface area contributed by atoms with Crippen molar-refractivity contribution in [3.05, 3.63) is 38.5 Å². The minimum atomic E-state index is -0.517. The molecule has 0 N–H and O–H groups in total. The van der Waals surface area contributed by atoms with E-state index in [2.05, 4.69) is 15.9 Å². The predicted octanol–water partition coefficient (Wildman–Crippen LogP) is 3.10. The molecule has 0 saturated carbocycles. The van der Waals surface area contributed by atoms with Gasteiger partial charge in [-0.05, 0) is 40.5 Å². The normalized spacial score (nSPS) is 10.5. The molecule has 1 aromatic carbocycles. The highest BCUT2D eigenvalue weighted by molar-refractivity contribution is 9.10. The molecule has 0 bridgehead atoms. The van der Waals surface area contributed by atoms with E-state index < -0.39 is 4.92 Å². The molecule has 0 aliphatic rings. The Hall–Kier alpha value is -1.56. The lowest BCUT2D eigenvalue weighted by Gasteiger charge is -2.11. The zero-order chi connectivity index (χ0) is 12.8. The second-order valence-electron chi connectivity index (χ2n) is 3.07. The summed E-state index contributed by atoms with van der Waals surface area (Å²) in [5, 5.41) is 10.2. The molecule has 5 nitrogen and oxygen atoms in total. The molecule has 0 aliphatic heterocycles. The van der Waals surface area contributed by atoms with Gasteiger partial charge in [-0.25, -0.2) is 0 Å². The Morgan fingerprint density at radius 3 is 2.76 bits per heavy atom. The van der Waals surface area contributed by atoms with E-state index in [1.165, 1.54) is 13.2 Å². The van der Waals surface area contributed by atoms with Crippen molar-refractivity contribution in [2.24, 2.45) is 0 Å². The van der Waals surface area contributed by atoms with Crippen molar-refractivity contribution in [1.29, 1.82) is 0 Å². The smallest absolute Gasteiger partial charge is 0.235 e. The molecule has 0 unspecified atom stereocenters. The Morgan fingerprint density at radius 1 is 1.53 bits per heavy atom. The van der Waals surface area contributed by atoms with Crippen molar-refractivity contribution in [2.45, 2.75) is 6.92 Å². The third kappa shape index (κ3) is 3.74. The van der Waals surface area contributed by atoms with Gasteiger partial charge in [-0.3, -0.25) is 10.1 Å². The summed E-state index contributed by atoms with van der Waals surface area (Å²) in [7, 11) is 1.52. The zero-order valence-electron chi connectivity index (χ0n) is 9.47. The van der Waals surface area contributed by atoms with Gasteiger partial charge in [-0.15, -0.1) is 0 Å². The van der Waals surface area contributed by atoms with Crippen LogP contribution in [0.2, 0.25) is 0 Å². The predicted molar refractivity (Wildman–Crippen MR) is 67.9 cm³/mol. The lowest BCUT2D eigenvalue weighted by atomic mass is 10.2. The summed E-state index contributed by atoms with van der Waals surface area (Å²) in [6, 6.07) is 3.41. The summed E-state index contributed by atoms with van der Waals surface area (Å²) in [5.74, 6) is 1.12. The average Bonchev–Trinajstić information content (AvgIpc) is 2.29. The maximum atomic E-state index is 10.2. The van der Waals surface area contributed by atoms with Gasteiger partial charge in [0, 0.05) is 6.08 Å². The number of hydrogen-bond donors (Lipinski definition) is 0. The molecule has 0 radical (unpaired) electrons. The molecule has 6 heteroatoms. The van der Waals surface area contributed by atoms with Crippen LogP contribution in [0.1, 0.15) is 12.5 Å². The Bertz CT molecular complexity index is 445. The van der Waals surface area contributed by atoms with Gasteiger partial charge in [0.2, 0.25) is 6.20 Å². The van der Waals surface area contributed by atoms with Gasteiger partial charge in [-0.2, -0.15) is 0 Å². The zero-order valence-corrected chi connectivity index (χ0v) is 11.1. The Morgan fingerprint density at radius 2 is 2.24 bits per heavy atom. The Balaban J connectivity index is 3.12. The van der Waals surface area contributed by atoms with E-state index in [1.807, 2.05) is 6.92 Å². The molecule has 0 amide bonds. The van der Waals surface area contributed by atoms with Gasteiger partial charge in [0.05, 0.1) is 23.1 Å². The fourth-order valence-corrected chi connectivity index (χ4v) is 1.84. The molecule has 1 aromatic rings. The number of nitro groups is 1. The van der Waals surface area contributed by atoms with Crippen LogP contribution in [0.3, 0.4) is 0 Å². The lowest BCUT2D eigenvalue weighted by Crippen LogP contribution is -1.97. The van der Waals surface area contributed by atoms with Crippen LogP contribution < -0.4 is 9.47 Å². The molecule has 0 fully saturated rings. The highest BCUT2D eigenvalue weighted by atomic mass is 79.9. The summed E-state index contributed by atoms with van der Waals surface area (Å²) in [6.07, 6.45) is 2.27.